The number of methoxy groups -OCH3 is 2. The van der Waals surface area contributed by atoms with Crippen LogP contribution in [0.4, 0.5) is 0 Å². The molecule has 148 valence electrons. The molecule has 1 heterocycles. The third kappa shape index (κ3) is 5.23. The van der Waals surface area contributed by atoms with E-state index < -0.39 is 15.1 Å². The highest BCUT2D eigenvalue weighted by Crippen LogP contribution is 2.36. The van der Waals surface area contributed by atoms with Gasteiger partial charge >= 0.3 is 0 Å². The summed E-state index contributed by atoms with van der Waals surface area (Å²) in [5.74, 6) is 0.808. The molecule has 27 heavy (non-hydrogen) atoms. The van der Waals surface area contributed by atoms with Gasteiger partial charge in [0.25, 0.3) is 0 Å². The van der Waals surface area contributed by atoms with Gasteiger partial charge in [-0.3, -0.25) is 4.79 Å². The van der Waals surface area contributed by atoms with Crippen molar-refractivity contribution >= 4 is 27.1 Å². The van der Waals surface area contributed by atoms with Gasteiger partial charge in [0.2, 0.25) is 5.91 Å². The lowest BCUT2D eigenvalue weighted by Crippen LogP contribution is -2.31. The third-order valence-corrected chi connectivity index (χ3v) is 7.70. The van der Waals surface area contributed by atoms with Crippen molar-refractivity contribution < 1.29 is 22.7 Å². The molecule has 0 saturated carbocycles. The topological polar surface area (TPSA) is 81.7 Å². The van der Waals surface area contributed by atoms with Crippen molar-refractivity contribution in [2.45, 2.75) is 35.6 Å². The monoisotopic (exact) mass is 411 g/mol. The maximum atomic E-state index is 13.2. The molecule has 0 fully saturated rings. The molecule has 1 N–H and O–H groups in total. The zero-order chi connectivity index (χ0) is 19.9. The summed E-state index contributed by atoms with van der Waals surface area (Å²) in [6.07, 6.45) is 2.05. The number of nitrogens with one attached hydrogen (secondary N) is 1. The van der Waals surface area contributed by atoms with Crippen molar-refractivity contribution in [3.63, 3.8) is 0 Å². The van der Waals surface area contributed by atoms with Crippen LogP contribution >= 0.6 is 11.3 Å². The summed E-state index contributed by atoms with van der Waals surface area (Å²) in [6.45, 7) is 2.00. The maximum absolute atomic E-state index is 13.2. The SMILES string of the molecule is CCCCC(=O)NC[C@@H](c1ccc(OC)c(OC)c1)S(=O)(=O)c1cccs1. The Kier molecular flexibility index (Phi) is 7.67. The number of hydrogen-bond donors (Lipinski definition) is 1. The van der Waals surface area contributed by atoms with Crippen molar-refractivity contribution in [2.75, 3.05) is 20.8 Å². The van der Waals surface area contributed by atoms with Gasteiger partial charge in [-0.15, -0.1) is 11.3 Å². The predicted molar refractivity (Wildman–Crippen MR) is 106 cm³/mol. The van der Waals surface area contributed by atoms with Gasteiger partial charge in [-0.2, -0.15) is 0 Å². The van der Waals surface area contributed by atoms with Crippen molar-refractivity contribution in [1.82, 2.24) is 5.32 Å². The van der Waals surface area contributed by atoms with Gasteiger partial charge in [0.1, 0.15) is 9.46 Å². The summed E-state index contributed by atoms with van der Waals surface area (Å²) < 4.78 is 37.1. The van der Waals surface area contributed by atoms with Crippen LogP contribution in [0.15, 0.2) is 39.9 Å². The Balaban J connectivity index is 2.36. The number of sulfone groups is 1. The van der Waals surface area contributed by atoms with Crippen molar-refractivity contribution in [3.8, 4) is 11.5 Å². The van der Waals surface area contributed by atoms with Crippen molar-refractivity contribution in [1.29, 1.82) is 0 Å². The number of ether oxygens (including phenoxy) is 2. The van der Waals surface area contributed by atoms with E-state index in [9.17, 15) is 13.2 Å². The van der Waals surface area contributed by atoms with E-state index in [2.05, 4.69) is 5.32 Å². The fourth-order valence-corrected chi connectivity index (χ4v) is 5.51. The molecule has 8 heteroatoms. The first-order valence-electron chi connectivity index (χ1n) is 8.70. The molecule has 0 radical (unpaired) electrons. The molecule has 1 aromatic carbocycles. The van der Waals surface area contributed by atoms with Crippen LogP contribution < -0.4 is 14.8 Å². The second-order valence-corrected chi connectivity index (χ2v) is 9.29. The van der Waals surface area contributed by atoms with E-state index in [0.717, 1.165) is 24.2 Å². The molecule has 2 rings (SSSR count). The minimum absolute atomic E-state index is 0.00172. The van der Waals surface area contributed by atoms with Crippen LogP contribution in [0, 0.1) is 0 Å². The van der Waals surface area contributed by atoms with Crippen molar-refractivity contribution in [2.24, 2.45) is 0 Å². The standard InChI is InChI=1S/C19H25NO5S2/c1-4-5-7-18(21)20-13-17(27(22,23)19-8-6-11-26-19)14-9-10-15(24-2)16(12-14)25-3/h6,8-12,17H,4-5,7,13H2,1-3H3,(H,20,21)/t17-/m0/s1. The minimum atomic E-state index is -3.66. The molecule has 0 aliphatic carbocycles. The molecule has 0 aliphatic heterocycles. The maximum Gasteiger partial charge on any atom is 0.220 e. The zero-order valence-electron chi connectivity index (χ0n) is 15.7. The summed E-state index contributed by atoms with van der Waals surface area (Å²) in [4.78, 5) is 12.0. The Labute approximate surface area is 164 Å². The quantitative estimate of drug-likeness (QED) is 0.646. The molecule has 6 nitrogen and oxygen atoms in total. The molecule has 2 aromatic rings. The Hall–Kier alpha value is -2.06. The number of benzene rings is 1. The van der Waals surface area contributed by atoms with Gasteiger partial charge in [0, 0.05) is 13.0 Å². The van der Waals surface area contributed by atoms with Crippen LogP contribution in [-0.2, 0) is 14.6 Å². The highest BCUT2D eigenvalue weighted by Gasteiger charge is 2.31. The molecule has 1 aromatic heterocycles. The first-order valence-corrected chi connectivity index (χ1v) is 11.1. The molecule has 1 atom stereocenters. The van der Waals surface area contributed by atoms with Gasteiger partial charge in [-0.25, -0.2) is 8.42 Å². The third-order valence-electron chi connectivity index (χ3n) is 4.17. The summed E-state index contributed by atoms with van der Waals surface area (Å²) in [5, 5.41) is 3.57. The van der Waals surface area contributed by atoms with E-state index >= 15 is 0 Å². The van der Waals surface area contributed by atoms with E-state index in [-0.39, 0.29) is 16.7 Å². The highest BCUT2D eigenvalue weighted by molar-refractivity contribution is 7.93. The molecular formula is C19H25NO5S2. The molecule has 1 amide bonds. The lowest BCUT2D eigenvalue weighted by Gasteiger charge is -2.19. The first kappa shape index (κ1) is 21.2. The van der Waals surface area contributed by atoms with Crippen LogP contribution in [0.2, 0.25) is 0 Å². The molecule has 0 aliphatic rings. The van der Waals surface area contributed by atoms with E-state index in [4.69, 9.17) is 9.47 Å². The lowest BCUT2D eigenvalue weighted by molar-refractivity contribution is -0.121. The first-order chi connectivity index (χ1) is 12.9. The van der Waals surface area contributed by atoms with Crippen LogP contribution in [0.25, 0.3) is 0 Å². The fraction of sp³-hybridized carbons (Fsp3) is 0.421. The largest absolute Gasteiger partial charge is 0.493 e. The molecular weight excluding hydrogens is 386 g/mol. The van der Waals surface area contributed by atoms with Crippen LogP contribution in [0.1, 0.15) is 37.0 Å². The van der Waals surface area contributed by atoms with E-state index in [0.29, 0.717) is 23.5 Å². The number of unbranched alkanes of at least 4 members (excludes halogenated alkanes) is 1. The summed E-state index contributed by atoms with van der Waals surface area (Å²) in [5.41, 5.74) is 0.539. The lowest BCUT2D eigenvalue weighted by atomic mass is 10.1. The Morgan fingerprint density at radius 2 is 1.93 bits per heavy atom. The average Bonchev–Trinajstić information content (AvgIpc) is 3.21. The Morgan fingerprint density at radius 1 is 1.19 bits per heavy atom. The van der Waals surface area contributed by atoms with E-state index in [1.165, 1.54) is 14.2 Å². The molecule has 0 unspecified atom stereocenters. The van der Waals surface area contributed by atoms with Crippen molar-refractivity contribution in [3.05, 3.63) is 41.3 Å². The van der Waals surface area contributed by atoms with Crippen LogP contribution in [0.5, 0.6) is 11.5 Å². The number of hydrogen-bond acceptors (Lipinski definition) is 6. The van der Waals surface area contributed by atoms with Gasteiger partial charge in [-0.05, 0) is 35.6 Å². The normalized spacial score (nSPS) is 12.4. The predicted octanol–water partition coefficient (Wildman–Crippen LogP) is 3.59. The highest BCUT2D eigenvalue weighted by atomic mass is 32.2. The summed E-state index contributed by atoms with van der Waals surface area (Å²) in [7, 11) is -0.648. The van der Waals surface area contributed by atoms with Gasteiger partial charge in [0.05, 0.1) is 14.2 Å². The minimum Gasteiger partial charge on any atom is -0.493 e. The molecule has 0 spiro atoms. The Morgan fingerprint density at radius 3 is 2.52 bits per heavy atom. The molecule has 0 saturated heterocycles. The summed E-state index contributed by atoms with van der Waals surface area (Å²) >= 11 is 1.16. The fourth-order valence-electron chi connectivity index (χ4n) is 2.66. The zero-order valence-corrected chi connectivity index (χ0v) is 17.4. The number of carbonyl (C=O) groups is 1. The molecule has 0 bridgehead atoms. The number of carbonyl (C=O) groups excluding carboxylic acids is 1. The van der Waals surface area contributed by atoms with E-state index in [1.807, 2.05) is 6.92 Å². The Bertz CT molecular complexity index is 847. The number of rotatable bonds is 10. The second-order valence-electron chi connectivity index (χ2n) is 5.99. The van der Waals surface area contributed by atoms with Gasteiger partial charge in [0.15, 0.2) is 21.3 Å². The second kappa shape index (κ2) is 9.75. The van der Waals surface area contributed by atoms with Crippen LogP contribution in [-0.4, -0.2) is 35.1 Å². The summed E-state index contributed by atoms with van der Waals surface area (Å²) in [6, 6.07) is 8.28. The van der Waals surface area contributed by atoms with Gasteiger partial charge in [-0.1, -0.05) is 25.5 Å². The van der Waals surface area contributed by atoms with Gasteiger partial charge < -0.3 is 14.8 Å². The number of amides is 1. The number of thiophene rings is 1. The average molecular weight is 412 g/mol. The van der Waals surface area contributed by atoms with Crippen LogP contribution in [0.3, 0.4) is 0 Å². The smallest absolute Gasteiger partial charge is 0.220 e. The van der Waals surface area contributed by atoms with E-state index in [1.54, 1.807) is 35.7 Å².